The molecule has 1 atom stereocenters. The number of fused-ring (bicyclic) bond motifs is 1. The summed E-state index contributed by atoms with van der Waals surface area (Å²) >= 11 is 0. The van der Waals surface area contributed by atoms with Crippen LogP contribution in [-0.2, 0) is 0 Å². The first-order valence-corrected chi connectivity index (χ1v) is 6.31. The maximum absolute atomic E-state index is 5.60. The zero-order valence-electron chi connectivity index (χ0n) is 11.0. The third-order valence-corrected chi connectivity index (χ3v) is 3.05. The van der Waals surface area contributed by atoms with E-state index >= 15 is 0 Å². The van der Waals surface area contributed by atoms with E-state index in [1.54, 1.807) is 0 Å². The summed E-state index contributed by atoms with van der Waals surface area (Å²) in [6.07, 6.45) is 1.90. The lowest BCUT2D eigenvalue weighted by Crippen LogP contribution is -2.18. The Bertz CT molecular complexity index is 459. The van der Waals surface area contributed by atoms with Crippen LogP contribution in [0.5, 0.6) is 11.5 Å². The van der Waals surface area contributed by atoms with Gasteiger partial charge in [0, 0.05) is 12.5 Å². The summed E-state index contributed by atoms with van der Waals surface area (Å²) in [7, 11) is 1.97. The molecule has 0 saturated heterocycles. The molecule has 0 bridgehead atoms. The number of rotatable bonds is 4. The van der Waals surface area contributed by atoms with Crippen LogP contribution in [0, 0.1) is 11.8 Å². The standard InChI is InChI=1S/C15H19NO2/c1-3-4-5-6-13(16-2)12-7-8-14-15(11-12)18-10-9-17-14/h7-8,11,13,16H,5-6,9-10H2,1-2H3. The lowest BCUT2D eigenvalue weighted by molar-refractivity contribution is 0.171. The summed E-state index contributed by atoms with van der Waals surface area (Å²) in [4.78, 5) is 0. The van der Waals surface area contributed by atoms with Gasteiger partial charge in [0.25, 0.3) is 0 Å². The van der Waals surface area contributed by atoms with Gasteiger partial charge in [-0.1, -0.05) is 6.07 Å². The topological polar surface area (TPSA) is 30.5 Å². The van der Waals surface area contributed by atoms with Gasteiger partial charge in [0.05, 0.1) is 0 Å². The second kappa shape index (κ2) is 6.32. The summed E-state index contributed by atoms with van der Waals surface area (Å²) in [5.41, 5.74) is 1.22. The minimum Gasteiger partial charge on any atom is -0.486 e. The fourth-order valence-corrected chi connectivity index (χ4v) is 2.10. The first-order chi connectivity index (χ1) is 8.85. The summed E-state index contributed by atoms with van der Waals surface area (Å²) in [6, 6.07) is 6.45. The van der Waals surface area contributed by atoms with Crippen molar-refractivity contribution in [3.05, 3.63) is 23.8 Å². The average Bonchev–Trinajstić information content (AvgIpc) is 2.43. The molecule has 0 aliphatic carbocycles. The highest BCUT2D eigenvalue weighted by Gasteiger charge is 2.15. The van der Waals surface area contributed by atoms with Crippen molar-refractivity contribution in [3.8, 4) is 23.3 Å². The third-order valence-electron chi connectivity index (χ3n) is 3.05. The fraction of sp³-hybridized carbons (Fsp3) is 0.467. The van der Waals surface area contributed by atoms with Crippen LogP contribution in [0.4, 0.5) is 0 Å². The molecule has 0 aromatic heterocycles. The smallest absolute Gasteiger partial charge is 0.161 e. The van der Waals surface area contributed by atoms with Crippen molar-refractivity contribution in [2.45, 2.75) is 25.8 Å². The molecule has 3 heteroatoms. The number of benzene rings is 1. The largest absolute Gasteiger partial charge is 0.486 e. The highest BCUT2D eigenvalue weighted by atomic mass is 16.6. The average molecular weight is 245 g/mol. The minimum atomic E-state index is 0.307. The van der Waals surface area contributed by atoms with Gasteiger partial charge in [0.15, 0.2) is 11.5 Å². The van der Waals surface area contributed by atoms with Crippen molar-refractivity contribution in [3.63, 3.8) is 0 Å². The van der Waals surface area contributed by atoms with Gasteiger partial charge < -0.3 is 14.8 Å². The molecule has 0 amide bonds. The highest BCUT2D eigenvalue weighted by molar-refractivity contribution is 5.44. The molecular formula is C15H19NO2. The van der Waals surface area contributed by atoms with Gasteiger partial charge in [-0.15, -0.1) is 11.8 Å². The van der Waals surface area contributed by atoms with E-state index in [2.05, 4.69) is 29.3 Å². The SMILES string of the molecule is CC#CCCC(NC)c1ccc2c(c1)OCCO2. The van der Waals surface area contributed by atoms with Crippen LogP contribution in [0.15, 0.2) is 18.2 Å². The van der Waals surface area contributed by atoms with Crippen molar-refractivity contribution in [1.29, 1.82) is 0 Å². The molecule has 0 radical (unpaired) electrons. The van der Waals surface area contributed by atoms with Crippen molar-refractivity contribution < 1.29 is 9.47 Å². The molecule has 1 aromatic carbocycles. The van der Waals surface area contributed by atoms with Gasteiger partial charge >= 0.3 is 0 Å². The van der Waals surface area contributed by atoms with Gasteiger partial charge in [-0.05, 0) is 38.1 Å². The highest BCUT2D eigenvalue weighted by Crippen LogP contribution is 2.33. The molecular weight excluding hydrogens is 226 g/mol. The molecule has 2 rings (SSSR count). The second-order valence-corrected chi connectivity index (χ2v) is 4.21. The summed E-state index contributed by atoms with van der Waals surface area (Å²) < 4.78 is 11.1. The Balaban J connectivity index is 2.12. The quantitative estimate of drug-likeness (QED) is 0.827. The van der Waals surface area contributed by atoms with Crippen LogP contribution in [0.1, 0.15) is 31.4 Å². The van der Waals surface area contributed by atoms with Crippen LogP contribution in [0.3, 0.4) is 0 Å². The Morgan fingerprint density at radius 3 is 2.78 bits per heavy atom. The van der Waals surface area contributed by atoms with E-state index < -0.39 is 0 Å². The first kappa shape index (κ1) is 12.8. The van der Waals surface area contributed by atoms with Crippen LogP contribution in [0.2, 0.25) is 0 Å². The summed E-state index contributed by atoms with van der Waals surface area (Å²) in [5, 5.41) is 3.32. The van der Waals surface area contributed by atoms with Gasteiger partial charge in [-0.2, -0.15) is 0 Å². The minimum absolute atomic E-state index is 0.307. The van der Waals surface area contributed by atoms with Crippen LogP contribution >= 0.6 is 0 Å². The van der Waals surface area contributed by atoms with Gasteiger partial charge in [0.2, 0.25) is 0 Å². The normalized spacial score (nSPS) is 14.6. The van der Waals surface area contributed by atoms with Crippen LogP contribution < -0.4 is 14.8 Å². The molecule has 0 saturated carbocycles. The first-order valence-electron chi connectivity index (χ1n) is 6.31. The Kier molecular flexibility index (Phi) is 4.49. The van der Waals surface area contributed by atoms with Crippen LogP contribution in [0.25, 0.3) is 0 Å². The number of hydrogen-bond acceptors (Lipinski definition) is 3. The van der Waals surface area contributed by atoms with E-state index in [-0.39, 0.29) is 0 Å². The number of ether oxygens (including phenoxy) is 2. The second-order valence-electron chi connectivity index (χ2n) is 4.21. The van der Waals surface area contributed by atoms with E-state index in [9.17, 15) is 0 Å². The molecule has 3 nitrogen and oxygen atoms in total. The van der Waals surface area contributed by atoms with E-state index in [4.69, 9.17) is 9.47 Å². The molecule has 1 N–H and O–H groups in total. The summed E-state index contributed by atoms with van der Waals surface area (Å²) in [6.45, 7) is 3.13. The van der Waals surface area contributed by atoms with Crippen molar-refractivity contribution in [2.24, 2.45) is 0 Å². The Hall–Kier alpha value is -1.66. The van der Waals surface area contributed by atoms with E-state index in [1.165, 1.54) is 5.56 Å². The maximum atomic E-state index is 5.60. The Morgan fingerprint density at radius 1 is 1.28 bits per heavy atom. The zero-order valence-corrected chi connectivity index (χ0v) is 11.0. The van der Waals surface area contributed by atoms with Crippen LogP contribution in [-0.4, -0.2) is 20.3 Å². The van der Waals surface area contributed by atoms with E-state index in [0.29, 0.717) is 19.3 Å². The molecule has 96 valence electrons. The lowest BCUT2D eigenvalue weighted by atomic mass is 10.0. The van der Waals surface area contributed by atoms with Gasteiger partial charge in [-0.25, -0.2) is 0 Å². The molecule has 0 fully saturated rings. The predicted molar refractivity (Wildman–Crippen MR) is 71.9 cm³/mol. The maximum Gasteiger partial charge on any atom is 0.161 e. The van der Waals surface area contributed by atoms with Crippen molar-refractivity contribution in [1.82, 2.24) is 5.32 Å². The monoisotopic (exact) mass is 245 g/mol. The molecule has 1 heterocycles. The van der Waals surface area contributed by atoms with Crippen molar-refractivity contribution in [2.75, 3.05) is 20.3 Å². The number of hydrogen-bond donors (Lipinski definition) is 1. The Labute approximate surface area is 108 Å². The van der Waals surface area contributed by atoms with Gasteiger partial charge in [-0.3, -0.25) is 0 Å². The van der Waals surface area contributed by atoms with E-state index in [1.807, 2.05) is 20.0 Å². The molecule has 1 aliphatic heterocycles. The Morgan fingerprint density at radius 2 is 2.06 bits per heavy atom. The lowest BCUT2D eigenvalue weighted by Gasteiger charge is -2.21. The molecule has 18 heavy (non-hydrogen) atoms. The molecule has 1 aliphatic rings. The fourth-order valence-electron chi connectivity index (χ4n) is 2.10. The molecule has 1 aromatic rings. The zero-order chi connectivity index (χ0) is 12.8. The predicted octanol–water partition coefficient (Wildman–Crippen LogP) is 2.52. The molecule has 0 spiro atoms. The number of nitrogens with one attached hydrogen (secondary N) is 1. The van der Waals surface area contributed by atoms with Gasteiger partial charge in [0.1, 0.15) is 13.2 Å². The summed E-state index contributed by atoms with van der Waals surface area (Å²) in [5.74, 6) is 7.71. The molecule has 1 unspecified atom stereocenters. The third kappa shape index (κ3) is 2.96. The van der Waals surface area contributed by atoms with Crippen molar-refractivity contribution >= 4 is 0 Å². The van der Waals surface area contributed by atoms with E-state index in [0.717, 1.165) is 24.3 Å².